The van der Waals surface area contributed by atoms with Gasteiger partial charge in [-0.05, 0) is 18.2 Å². The number of oxime groups is 1. The molecule has 0 bridgehead atoms. The summed E-state index contributed by atoms with van der Waals surface area (Å²) in [7, 11) is 4.48. The van der Waals surface area contributed by atoms with Gasteiger partial charge in [0.25, 0.3) is 0 Å². The normalized spacial score (nSPS) is 14.5. The summed E-state index contributed by atoms with van der Waals surface area (Å²) in [6, 6.07) is 11.0. The molecular weight excluding hydrogens is 354 g/mol. The minimum Gasteiger partial charge on any atom is -0.493 e. The highest BCUT2D eigenvalue weighted by Crippen LogP contribution is 2.38. The van der Waals surface area contributed by atoms with Crippen LogP contribution in [0.4, 0.5) is 0 Å². The summed E-state index contributed by atoms with van der Waals surface area (Å²) in [6.45, 7) is 0. The molecule has 0 unspecified atom stereocenters. The zero-order chi connectivity index (χ0) is 18.5. The molecule has 0 fully saturated rings. The van der Waals surface area contributed by atoms with Crippen molar-refractivity contribution < 1.29 is 23.8 Å². The van der Waals surface area contributed by atoms with Crippen molar-refractivity contribution in [2.75, 3.05) is 27.1 Å². The fourth-order valence-electron chi connectivity index (χ4n) is 2.67. The third kappa shape index (κ3) is 3.62. The van der Waals surface area contributed by atoms with Gasteiger partial charge in [-0.3, -0.25) is 0 Å². The molecule has 0 spiro atoms. The molecule has 1 heterocycles. The van der Waals surface area contributed by atoms with Crippen molar-refractivity contribution in [2.45, 2.75) is 11.3 Å². The molecule has 26 heavy (non-hydrogen) atoms. The van der Waals surface area contributed by atoms with Gasteiger partial charge >= 0.3 is 5.97 Å². The molecule has 0 radical (unpaired) electrons. The quantitative estimate of drug-likeness (QED) is 0.587. The lowest BCUT2D eigenvalue weighted by molar-refractivity contribution is 0.0515. The molecule has 7 heteroatoms. The molecule has 136 valence electrons. The van der Waals surface area contributed by atoms with Crippen LogP contribution >= 0.6 is 11.8 Å². The van der Waals surface area contributed by atoms with E-state index < -0.39 is 5.97 Å². The van der Waals surface area contributed by atoms with Crippen LogP contribution in [-0.2, 0) is 4.84 Å². The van der Waals surface area contributed by atoms with Crippen molar-refractivity contribution in [3.63, 3.8) is 0 Å². The topological polar surface area (TPSA) is 66.4 Å². The molecule has 0 atom stereocenters. The highest BCUT2D eigenvalue weighted by molar-refractivity contribution is 7.99. The Bertz CT molecular complexity index is 825. The van der Waals surface area contributed by atoms with Gasteiger partial charge in [-0.15, -0.1) is 11.8 Å². The van der Waals surface area contributed by atoms with Crippen LogP contribution in [0.2, 0.25) is 0 Å². The molecule has 1 aliphatic heterocycles. The second-order valence-electron chi connectivity index (χ2n) is 5.43. The molecule has 0 saturated heterocycles. The average Bonchev–Trinajstić information content (AvgIpc) is 2.70. The Morgan fingerprint density at radius 3 is 2.38 bits per heavy atom. The number of nitrogens with zero attached hydrogens (tertiary/aromatic N) is 1. The Kier molecular flexibility index (Phi) is 5.68. The second kappa shape index (κ2) is 8.14. The van der Waals surface area contributed by atoms with Gasteiger partial charge in [-0.25, -0.2) is 4.79 Å². The second-order valence-corrected chi connectivity index (χ2v) is 6.56. The third-order valence-corrected chi connectivity index (χ3v) is 5.01. The Balaban J connectivity index is 1.85. The lowest BCUT2D eigenvalue weighted by Crippen LogP contribution is -2.12. The highest BCUT2D eigenvalue weighted by atomic mass is 32.2. The lowest BCUT2D eigenvalue weighted by Gasteiger charge is -2.16. The van der Waals surface area contributed by atoms with E-state index in [1.54, 1.807) is 11.8 Å². The molecule has 6 nitrogen and oxygen atoms in total. The molecule has 0 N–H and O–H groups in total. The first-order valence-electron chi connectivity index (χ1n) is 7.98. The van der Waals surface area contributed by atoms with Gasteiger partial charge in [-0.2, -0.15) is 0 Å². The summed E-state index contributed by atoms with van der Waals surface area (Å²) in [5, 5.41) is 4.10. The number of hydrogen-bond acceptors (Lipinski definition) is 7. The molecule has 3 rings (SSSR count). The lowest BCUT2D eigenvalue weighted by atomic mass is 10.1. The van der Waals surface area contributed by atoms with Gasteiger partial charge < -0.3 is 19.0 Å². The number of carbonyl (C=O) groups is 1. The van der Waals surface area contributed by atoms with Crippen LogP contribution in [-0.4, -0.2) is 38.8 Å². The number of ether oxygens (including phenoxy) is 3. The van der Waals surface area contributed by atoms with Gasteiger partial charge in [0, 0.05) is 22.6 Å². The van der Waals surface area contributed by atoms with Gasteiger partial charge in [0.2, 0.25) is 5.75 Å². The maximum absolute atomic E-state index is 12.4. The third-order valence-electron chi connectivity index (χ3n) is 3.93. The Hall–Kier alpha value is -2.67. The Morgan fingerprint density at radius 2 is 1.73 bits per heavy atom. The van der Waals surface area contributed by atoms with Crippen LogP contribution in [0.5, 0.6) is 17.2 Å². The van der Waals surface area contributed by atoms with E-state index in [1.165, 1.54) is 33.5 Å². The van der Waals surface area contributed by atoms with E-state index in [-0.39, 0.29) is 5.56 Å². The molecule has 0 saturated carbocycles. The maximum atomic E-state index is 12.4. The zero-order valence-corrected chi connectivity index (χ0v) is 15.6. The van der Waals surface area contributed by atoms with Gasteiger partial charge in [0.05, 0.1) is 32.6 Å². The first-order valence-corrected chi connectivity index (χ1v) is 8.97. The van der Waals surface area contributed by atoms with Crippen molar-refractivity contribution in [1.82, 2.24) is 0 Å². The van der Waals surface area contributed by atoms with E-state index in [4.69, 9.17) is 19.0 Å². The first-order chi connectivity index (χ1) is 12.7. The van der Waals surface area contributed by atoms with Crippen LogP contribution in [0.3, 0.4) is 0 Å². The summed E-state index contributed by atoms with van der Waals surface area (Å²) in [4.78, 5) is 18.8. The molecule has 0 aliphatic carbocycles. The van der Waals surface area contributed by atoms with Crippen molar-refractivity contribution in [3.05, 3.63) is 47.5 Å². The van der Waals surface area contributed by atoms with Crippen LogP contribution < -0.4 is 14.2 Å². The smallest absolute Gasteiger partial charge is 0.366 e. The van der Waals surface area contributed by atoms with E-state index in [0.29, 0.717) is 17.2 Å². The fourth-order valence-corrected chi connectivity index (χ4v) is 3.70. The fraction of sp³-hybridized carbons (Fsp3) is 0.263. The number of fused-ring (bicyclic) bond motifs is 1. The van der Waals surface area contributed by atoms with E-state index in [0.717, 1.165) is 28.3 Å². The molecule has 1 aliphatic rings. The van der Waals surface area contributed by atoms with Gasteiger partial charge in [-0.1, -0.05) is 23.4 Å². The van der Waals surface area contributed by atoms with Crippen molar-refractivity contribution in [2.24, 2.45) is 5.16 Å². The predicted octanol–water partition coefficient (Wildman–Crippen LogP) is 3.77. The van der Waals surface area contributed by atoms with Gasteiger partial charge in [0.15, 0.2) is 11.5 Å². The minimum absolute atomic E-state index is 0.266. The zero-order valence-electron chi connectivity index (χ0n) is 14.8. The number of carbonyl (C=O) groups excluding carboxylic acids is 1. The monoisotopic (exact) mass is 373 g/mol. The molecular formula is C19H19NO5S. The van der Waals surface area contributed by atoms with E-state index in [2.05, 4.69) is 5.16 Å². The number of methoxy groups -OCH3 is 3. The summed E-state index contributed by atoms with van der Waals surface area (Å²) >= 11 is 1.77. The molecule has 0 aromatic heterocycles. The largest absolute Gasteiger partial charge is 0.493 e. The van der Waals surface area contributed by atoms with Crippen LogP contribution in [0.15, 0.2) is 46.4 Å². The van der Waals surface area contributed by atoms with E-state index >= 15 is 0 Å². The van der Waals surface area contributed by atoms with Crippen LogP contribution in [0.1, 0.15) is 22.3 Å². The highest BCUT2D eigenvalue weighted by Gasteiger charge is 2.20. The molecule has 0 amide bonds. The van der Waals surface area contributed by atoms with Crippen molar-refractivity contribution >= 4 is 23.4 Å². The summed E-state index contributed by atoms with van der Waals surface area (Å²) in [6.07, 6.45) is 0.740. The Labute approximate surface area is 156 Å². The number of benzene rings is 2. The predicted molar refractivity (Wildman–Crippen MR) is 99.8 cm³/mol. The molecule has 2 aromatic carbocycles. The number of hydrogen-bond donors (Lipinski definition) is 0. The number of rotatable bonds is 5. The van der Waals surface area contributed by atoms with Crippen molar-refractivity contribution in [3.8, 4) is 17.2 Å². The van der Waals surface area contributed by atoms with Crippen LogP contribution in [0, 0.1) is 0 Å². The van der Waals surface area contributed by atoms with E-state index in [1.807, 2.05) is 24.3 Å². The summed E-state index contributed by atoms with van der Waals surface area (Å²) in [5.41, 5.74) is 2.03. The summed E-state index contributed by atoms with van der Waals surface area (Å²) < 4.78 is 15.8. The SMILES string of the molecule is COc1cc(C(=O)O/N=C2\CCSc3ccccc32)cc(OC)c1OC. The van der Waals surface area contributed by atoms with Crippen LogP contribution in [0.25, 0.3) is 0 Å². The van der Waals surface area contributed by atoms with Crippen molar-refractivity contribution in [1.29, 1.82) is 0 Å². The first kappa shape index (κ1) is 18.1. The average molecular weight is 373 g/mol. The Morgan fingerprint density at radius 1 is 1.04 bits per heavy atom. The van der Waals surface area contributed by atoms with E-state index in [9.17, 15) is 4.79 Å². The summed E-state index contributed by atoms with van der Waals surface area (Å²) in [5.74, 6) is 1.48. The minimum atomic E-state index is -0.590. The maximum Gasteiger partial charge on any atom is 0.366 e. The standard InChI is InChI=1S/C19H19NO5S/c1-22-15-10-12(11-16(23-2)18(15)24-3)19(21)25-20-14-8-9-26-17-7-5-4-6-13(14)17/h4-7,10-11H,8-9H2,1-3H3/b20-14+. The molecule has 2 aromatic rings. The van der Waals surface area contributed by atoms with Gasteiger partial charge in [0.1, 0.15) is 0 Å². The number of thioether (sulfide) groups is 1.